The van der Waals surface area contributed by atoms with Crippen molar-refractivity contribution in [2.45, 2.75) is 32.2 Å². The van der Waals surface area contributed by atoms with E-state index < -0.39 is 0 Å². The third-order valence-electron chi connectivity index (χ3n) is 3.81. The SMILES string of the molecule is CCCc1nc(C2CN(C)CCCN2C)nc(N)c1I. The first kappa shape index (κ1) is 15.9. The number of hydrogen-bond donors (Lipinski definition) is 1. The van der Waals surface area contributed by atoms with Gasteiger partial charge in [-0.2, -0.15) is 0 Å². The molecule has 20 heavy (non-hydrogen) atoms. The molecular weight excluding hydrogens is 365 g/mol. The van der Waals surface area contributed by atoms with E-state index >= 15 is 0 Å². The van der Waals surface area contributed by atoms with Crippen LogP contribution in [0.4, 0.5) is 5.82 Å². The number of nitrogens with two attached hydrogens (primary N) is 1. The Hall–Kier alpha value is -0.470. The highest BCUT2D eigenvalue weighted by Gasteiger charge is 2.25. The molecule has 1 atom stereocenters. The van der Waals surface area contributed by atoms with Crippen LogP contribution in [0.3, 0.4) is 0 Å². The van der Waals surface area contributed by atoms with Crippen molar-refractivity contribution in [2.75, 3.05) is 39.5 Å². The number of nitrogen functional groups attached to an aromatic ring is 1. The molecule has 0 spiro atoms. The number of aromatic nitrogens is 2. The Kier molecular flexibility index (Phi) is 5.57. The van der Waals surface area contributed by atoms with Crippen LogP contribution in [0.15, 0.2) is 0 Å². The molecule has 112 valence electrons. The first-order valence-electron chi connectivity index (χ1n) is 7.23. The highest BCUT2D eigenvalue weighted by molar-refractivity contribution is 14.1. The maximum Gasteiger partial charge on any atom is 0.149 e. The molecule has 0 amide bonds. The fraction of sp³-hybridized carbons (Fsp3) is 0.714. The summed E-state index contributed by atoms with van der Waals surface area (Å²) in [6, 6.07) is 0.234. The third-order valence-corrected chi connectivity index (χ3v) is 4.99. The van der Waals surface area contributed by atoms with E-state index in [0.29, 0.717) is 5.82 Å². The first-order chi connectivity index (χ1) is 9.52. The van der Waals surface area contributed by atoms with Crippen molar-refractivity contribution in [1.29, 1.82) is 0 Å². The van der Waals surface area contributed by atoms with E-state index in [1.165, 1.54) is 6.42 Å². The molecule has 0 saturated carbocycles. The number of aryl methyl sites for hydroxylation is 1. The van der Waals surface area contributed by atoms with Gasteiger partial charge in [0.1, 0.15) is 11.6 Å². The highest BCUT2D eigenvalue weighted by atomic mass is 127. The van der Waals surface area contributed by atoms with Crippen LogP contribution in [0.25, 0.3) is 0 Å². The normalized spacial score (nSPS) is 21.9. The van der Waals surface area contributed by atoms with Crippen molar-refractivity contribution in [3.63, 3.8) is 0 Å². The Morgan fingerprint density at radius 3 is 2.75 bits per heavy atom. The average Bonchev–Trinajstić information content (AvgIpc) is 2.57. The number of halogens is 1. The zero-order valence-electron chi connectivity index (χ0n) is 12.6. The Bertz CT molecular complexity index is 465. The van der Waals surface area contributed by atoms with Gasteiger partial charge in [0.2, 0.25) is 0 Å². The van der Waals surface area contributed by atoms with Crippen LogP contribution in [-0.4, -0.2) is 53.5 Å². The molecule has 2 N–H and O–H groups in total. The minimum Gasteiger partial charge on any atom is -0.383 e. The average molecular weight is 389 g/mol. The summed E-state index contributed by atoms with van der Waals surface area (Å²) in [5.41, 5.74) is 7.18. The monoisotopic (exact) mass is 389 g/mol. The number of rotatable bonds is 3. The van der Waals surface area contributed by atoms with E-state index in [1.807, 2.05) is 0 Å². The van der Waals surface area contributed by atoms with Gasteiger partial charge in [0.15, 0.2) is 0 Å². The predicted molar refractivity (Wildman–Crippen MR) is 90.6 cm³/mol. The largest absolute Gasteiger partial charge is 0.383 e. The van der Waals surface area contributed by atoms with E-state index in [0.717, 1.165) is 47.6 Å². The topological polar surface area (TPSA) is 58.3 Å². The summed E-state index contributed by atoms with van der Waals surface area (Å²) in [6.07, 6.45) is 3.22. The molecular formula is C14H24IN5. The van der Waals surface area contributed by atoms with Gasteiger partial charge in [0.05, 0.1) is 15.3 Å². The molecule has 1 aromatic heterocycles. The van der Waals surface area contributed by atoms with Gasteiger partial charge in [-0.15, -0.1) is 0 Å². The Morgan fingerprint density at radius 2 is 2.05 bits per heavy atom. The van der Waals surface area contributed by atoms with Gasteiger partial charge >= 0.3 is 0 Å². The summed E-state index contributed by atoms with van der Waals surface area (Å²) in [6.45, 7) is 5.33. The lowest BCUT2D eigenvalue weighted by molar-refractivity contribution is 0.219. The van der Waals surface area contributed by atoms with Crippen molar-refractivity contribution in [3.8, 4) is 0 Å². The van der Waals surface area contributed by atoms with E-state index in [1.54, 1.807) is 0 Å². The first-order valence-corrected chi connectivity index (χ1v) is 8.31. The molecule has 0 aromatic carbocycles. The lowest BCUT2D eigenvalue weighted by Crippen LogP contribution is -2.32. The van der Waals surface area contributed by atoms with E-state index in [4.69, 9.17) is 10.7 Å². The molecule has 0 aliphatic carbocycles. The van der Waals surface area contributed by atoms with Crippen molar-refractivity contribution in [3.05, 3.63) is 15.1 Å². The molecule has 2 rings (SSSR count). The molecule has 0 bridgehead atoms. The van der Waals surface area contributed by atoms with Gasteiger partial charge < -0.3 is 10.6 Å². The second kappa shape index (κ2) is 7.00. The second-order valence-electron chi connectivity index (χ2n) is 5.59. The second-order valence-corrected chi connectivity index (χ2v) is 6.67. The summed E-state index contributed by atoms with van der Waals surface area (Å²) in [4.78, 5) is 14.1. The predicted octanol–water partition coefficient (Wildman–Crippen LogP) is 1.92. The van der Waals surface area contributed by atoms with E-state index in [-0.39, 0.29) is 6.04 Å². The molecule has 1 aliphatic heterocycles. The number of hydrogen-bond acceptors (Lipinski definition) is 5. The van der Waals surface area contributed by atoms with Gasteiger partial charge in [-0.1, -0.05) is 13.3 Å². The van der Waals surface area contributed by atoms with Crippen LogP contribution >= 0.6 is 22.6 Å². The summed E-state index contributed by atoms with van der Waals surface area (Å²) in [5.74, 6) is 1.50. The minimum atomic E-state index is 0.234. The lowest BCUT2D eigenvalue weighted by Gasteiger charge is -2.26. The van der Waals surface area contributed by atoms with Crippen molar-refractivity contribution in [2.24, 2.45) is 0 Å². The van der Waals surface area contributed by atoms with Gasteiger partial charge in [-0.05, 0) is 62.6 Å². The van der Waals surface area contributed by atoms with Crippen LogP contribution in [-0.2, 0) is 6.42 Å². The zero-order chi connectivity index (χ0) is 14.7. The fourth-order valence-corrected chi connectivity index (χ4v) is 3.15. The molecule has 1 aliphatic rings. The van der Waals surface area contributed by atoms with Crippen molar-refractivity contribution in [1.82, 2.24) is 19.8 Å². The maximum atomic E-state index is 6.09. The summed E-state index contributed by atoms with van der Waals surface area (Å²) >= 11 is 2.26. The minimum absolute atomic E-state index is 0.234. The standard InChI is InChI=1S/C14H24IN5/c1-4-6-10-12(15)13(16)18-14(17-10)11-9-19(2)7-5-8-20(11)3/h11H,4-9H2,1-3H3,(H2,16,17,18). The zero-order valence-corrected chi connectivity index (χ0v) is 14.7. The summed E-state index contributed by atoms with van der Waals surface area (Å²) in [7, 11) is 4.32. The molecule has 1 fully saturated rings. The summed E-state index contributed by atoms with van der Waals surface area (Å²) in [5, 5.41) is 0. The Balaban J connectivity index is 2.34. The van der Waals surface area contributed by atoms with Crippen molar-refractivity contribution < 1.29 is 0 Å². The quantitative estimate of drug-likeness (QED) is 0.801. The van der Waals surface area contributed by atoms with E-state index in [2.05, 4.69) is 58.4 Å². The molecule has 1 unspecified atom stereocenters. The summed E-state index contributed by atoms with van der Waals surface area (Å²) < 4.78 is 1.01. The Labute approximate surface area is 135 Å². The lowest BCUT2D eigenvalue weighted by atomic mass is 10.2. The van der Waals surface area contributed by atoms with Crippen LogP contribution < -0.4 is 5.73 Å². The van der Waals surface area contributed by atoms with E-state index in [9.17, 15) is 0 Å². The molecule has 1 saturated heterocycles. The van der Waals surface area contributed by atoms with Gasteiger partial charge in [-0.25, -0.2) is 9.97 Å². The molecule has 6 heteroatoms. The van der Waals surface area contributed by atoms with Crippen LogP contribution in [0, 0.1) is 3.57 Å². The third kappa shape index (κ3) is 3.59. The van der Waals surface area contributed by atoms with Crippen LogP contribution in [0.5, 0.6) is 0 Å². The molecule has 0 radical (unpaired) electrons. The number of anilines is 1. The smallest absolute Gasteiger partial charge is 0.149 e. The molecule has 2 heterocycles. The molecule has 5 nitrogen and oxygen atoms in total. The van der Waals surface area contributed by atoms with Crippen LogP contribution in [0.1, 0.15) is 37.3 Å². The number of likely N-dealkylation sites (N-methyl/N-ethyl adjacent to an activating group) is 2. The maximum absolute atomic E-state index is 6.09. The Morgan fingerprint density at radius 1 is 1.30 bits per heavy atom. The van der Waals surface area contributed by atoms with Crippen LogP contribution in [0.2, 0.25) is 0 Å². The van der Waals surface area contributed by atoms with Crippen molar-refractivity contribution >= 4 is 28.4 Å². The van der Waals surface area contributed by atoms with Gasteiger partial charge in [0.25, 0.3) is 0 Å². The highest BCUT2D eigenvalue weighted by Crippen LogP contribution is 2.24. The van der Waals surface area contributed by atoms with Gasteiger partial charge in [-0.3, -0.25) is 4.90 Å². The van der Waals surface area contributed by atoms with Gasteiger partial charge in [0, 0.05) is 6.54 Å². The fourth-order valence-electron chi connectivity index (χ4n) is 2.63. The number of nitrogens with zero attached hydrogens (tertiary/aromatic N) is 4. The molecule has 1 aromatic rings.